The summed E-state index contributed by atoms with van der Waals surface area (Å²) in [6.07, 6.45) is 0.787. The fourth-order valence-electron chi connectivity index (χ4n) is 2.41. The minimum Gasteiger partial charge on any atom is -0.293 e. The van der Waals surface area contributed by atoms with E-state index in [4.69, 9.17) is 11.6 Å². The van der Waals surface area contributed by atoms with Crippen molar-refractivity contribution in [3.05, 3.63) is 70.2 Å². The van der Waals surface area contributed by atoms with Crippen molar-refractivity contribution in [2.75, 3.05) is 0 Å². The summed E-state index contributed by atoms with van der Waals surface area (Å²) in [7, 11) is 0. The normalized spacial score (nSPS) is 18.2. The third kappa shape index (κ3) is 1.77. The average molecular weight is 243 g/mol. The molecule has 2 heteroatoms. The number of benzene rings is 2. The van der Waals surface area contributed by atoms with Crippen molar-refractivity contribution in [2.45, 2.75) is 12.3 Å². The zero-order valence-electron chi connectivity index (χ0n) is 9.19. The monoisotopic (exact) mass is 242 g/mol. The van der Waals surface area contributed by atoms with Gasteiger partial charge in [-0.05, 0) is 29.7 Å². The van der Waals surface area contributed by atoms with Crippen molar-refractivity contribution in [1.29, 1.82) is 0 Å². The average Bonchev–Trinajstić information content (AvgIpc) is 2.68. The highest BCUT2D eigenvalue weighted by Gasteiger charge is 2.31. The Kier molecular flexibility index (Phi) is 2.49. The van der Waals surface area contributed by atoms with Gasteiger partial charge in [0.1, 0.15) is 0 Å². The first-order chi connectivity index (χ1) is 8.25. The molecule has 0 amide bonds. The number of hydrogen-bond donors (Lipinski definition) is 0. The second-order valence-corrected chi connectivity index (χ2v) is 4.77. The Labute approximate surface area is 105 Å². The van der Waals surface area contributed by atoms with Gasteiger partial charge < -0.3 is 0 Å². The van der Waals surface area contributed by atoms with Gasteiger partial charge in [-0.15, -0.1) is 0 Å². The van der Waals surface area contributed by atoms with E-state index < -0.39 is 0 Å². The molecule has 2 aromatic carbocycles. The quantitative estimate of drug-likeness (QED) is 0.742. The van der Waals surface area contributed by atoms with E-state index in [1.54, 1.807) is 6.07 Å². The molecule has 0 bridgehead atoms. The molecule has 1 atom stereocenters. The molecule has 0 N–H and O–H groups in total. The van der Waals surface area contributed by atoms with Gasteiger partial charge in [0.05, 0.1) is 5.92 Å². The van der Waals surface area contributed by atoms with Gasteiger partial charge in [0.15, 0.2) is 5.78 Å². The summed E-state index contributed by atoms with van der Waals surface area (Å²) in [6.45, 7) is 0. The van der Waals surface area contributed by atoms with Crippen LogP contribution in [0.5, 0.6) is 0 Å². The first-order valence-electron chi connectivity index (χ1n) is 5.63. The molecule has 1 aliphatic rings. The summed E-state index contributed by atoms with van der Waals surface area (Å²) in [5.74, 6) is 0.151. The fraction of sp³-hybridized carbons (Fsp3) is 0.133. The molecule has 0 saturated carbocycles. The Bertz CT molecular complexity index is 575. The maximum Gasteiger partial charge on any atom is 0.170 e. The molecule has 0 spiro atoms. The SMILES string of the molecule is O=C1c2cc(Cl)ccc2C[C@@H]1c1ccccc1. The largest absolute Gasteiger partial charge is 0.293 e. The maximum absolute atomic E-state index is 12.3. The maximum atomic E-state index is 12.3. The molecule has 0 aliphatic heterocycles. The Hall–Kier alpha value is -1.60. The molecule has 1 nitrogen and oxygen atoms in total. The Balaban J connectivity index is 2.02. The van der Waals surface area contributed by atoms with Gasteiger partial charge in [0.25, 0.3) is 0 Å². The second-order valence-electron chi connectivity index (χ2n) is 4.33. The first-order valence-corrected chi connectivity index (χ1v) is 6.01. The highest BCUT2D eigenvalue weighted by atomic mass is 35.5. The van der Waals surface area contributed by atoms with Gasteiger partial charge in [-0.1, -0.05) is 48.0 Å². The predicted octanol–water partition coefficient (Wildman–Crippen LogP) is 3.86. The topological polar surface area (TPSA) is 17.1 Å². The van der Waals surface area contributed by atoms with Gasteiger partial charge in [-0.25, -0.2) is 0 Å². The van der Waals surface area contributed by atoms with Crippen molar-refractivity contribution in [3.8, 4) is 0 Å². The summed E-state index contributed by atoms with van der Waals surface area (Å²) < 4.78 is 0. The second kappa shape index (κ2) is 4.01. The van der Waals surface area contributed by atoms with Crippen molar-refractivity contribution in [3.63, 3.8) is 0 Å². The van der Waals surface area contributed by atoms with Crippen LogP contribution >= 0.6 is 11.6 Å². The summed E-state index contributed by atoms with van der Waals surface area (Å²) in [6, 6.07) is 15.5. The van der Waals surface area contributed by atoms with E-state index >= 15 is 0 Å². The van der Waals surface area contributed by atoms with Crippen LogP contribution in [0.4, 0.5) is 0 Å². The lowest BCUT2D eigenvalue weighted by Gasteiger charge is -2.07. The van der Waals surface area contributed by atoms with Gasteiger partial charge in [0.2, 0.25) is 0 Å². The van der Waals surface area contributed by atoms with Crippen LogP contribution in [0.3, 0.4) is 0 Å². The Morgan fingerprint density at radius 1 is 1.06 bits per heavy atom. The van der Waals surface area contributed by atoms with Gasteiger partial charge in [-0.3, -0.25) is 4.79 Å². The molecule has 0 radical (unpaired) electrons. The zero-order chi connectivity index (χ0) is 11.8. The number of halogens is 1. The molecule has 3 rings (SSSR count). The Morgan fingerprint density at radius 3 is 2.59 bits per heavy atom. The molecule has 0 fully saturated rings. The van der Waals surface area contributed by atoms with Crippen molar-refractivity contribution >= 4 is 17.4 Å². The summed E-state index contributed by atoms with van der Waals surface area (Å²) in [4.78, 5) is 12.3. The number of fused-ring (bicyclic) bond motifs is 1. The molecule has 17 heavy (non-hydrogen) atoms. The number of carbonyl (C=O) groups excluding carboxylic acids is 1. The van der Waals surface area contributed by atoms with E-state index in [0.717, 1.165) is 23.1 Å². The third-order valence-electron chi connectivity index (χ3n) is 3.28. The van der Waals surface area contributed by atoms with E-state index in [1.807, 2.05) is 42.5 Å². The Morgan fingerprint density at radius 2 is 1.82 bits per heavy atom. The van der Waals surface area contributed by atoms with E-state index in [1.165, 1.54) is 0 Å². The molecule has 0 heterocycles. The molecule has 0 saturated heterocycles. The standard InChI is InChI=1S/C15H11ClO/c16-12-7-6-11-8-13(15(17)14(11)9-12)10-4-2-1-3-5-10/h1-7,9,13H,8H2/t13-/m1/s1. The van der Waals surface area contributed by atoms with E-state index in [9.17, 15) is 4.79 Å². The lowest BCUT2D eigenvalue weighted by Crippen LogP contribution is -2.06. The van der Waals surface area contributed by atoms with E-state index in [2.05, 4.69) is 0 Å². The number of hydrogen-bond acceptors (Lipinski definition) is 1. The summed E-state index contributed by atoms with van der Waals surface area (Å²) in [5, 5.41) is 0.630. The zero-order valence-corrected chi connectivity index (χ0v) is 9.95. The van der Waals surface area contributed by atoms with Crippen molar-refractivity contribution in [2.24, 2.45) is 0 Å². The van der Waals surface area contributed by atoms with Crippen molar-refractivity contribution < 1.29 is 4.79 Å². The molecule has 84 valence electrons. The third-order valence-corrected chi connectivity index (χ3v) is 3.51. The molecule has 0 unspecified atom stereocenters. The summed E-state index contributed by atoms with van der Waals surface area (Å²) >= 11 is 5.93. The molecule has 0 aromatic heterocycles. The van der Waals surface area contributed by atoms with Crippen LogP contribution < -0.4 is 0 Å². The number of Topliss-reactive ketones (excluding diaryl/α,β-unsaturated/α-hetero) is 1. The minimum atomic E-state index is -0.0373. The predicted molar refractivity (Wildman–Crippen MR) is 68.7 cm³/mol. The lowest BCUT2D eigenvalue weighted by molar-refractivity contribution is 0.0973. The van der Waals surface area contributed by atoms with Crippen LogP contribution in [0.15, 0.2) is 48.5 Å². The smallest absolute Gasteiger partial charge is 0.170 e. The number of carbonyl (C=O) groups is 1. The van der Waals surface area contributed by atoms with Crippen LogP contribution in [-0.4, -0.2) is 5.78 Å². The number of rotatable bonds is 1. The van der Waals surface area contributed by atoms with Crippen LogP contribution in [0.1, 0.15) is 27.4 Å². The van der Waals surface area contributed by atoms with Gasteiger partial charge >= 0.3 is 0 Å². The van der Waals surface area contributed by atoms with E-state index in [0.29, 0.717) is 5.02 Å². The molecule has 1 aliphatic carbocycles. The van der Waals surface area contributed by atoms with Gasteiger partial charge in [0, 0.05) is 10.6 Å². The van der Waals surface area contributed by atoms with Gasteiger partial charge in [-0.2, -0.15) is 0 Å². The first kappa shape index (κ1) is 10.5. The highest BCUT2D eigenvalue weighted by Crippen LogP contribution is 2.34. The molecule has 2 aromatic rings. The van der Waals surface area contributed by atoms with Crippen molar-refractivity contribution in [1.82, 2.24) is 0 Å². The molecular weight excluding hydrogens is 232 g/mol. The van der Waals surface area contributed by atoms with Crippen LogP contribution in [-0.2, 0) is 6.42 Å². The van der Waals surface area contributed by atoms with Crippen LogP contribution in [0, 0.1) is 0 Å². The summed E-state index contributed by atoms with van der Waals surface area (Å²) in [5.41, 5.74) is 2.98. The minimum absolute atomic E-state index is 0.0373. The lowest BCUT2D eigenvalue weighted by atomic mass is 9.95. The van der Waals surface area contributed by atoms with E-state index in [-0.39, 0.29) is 11.7 Å². The fourth-order valence-corrected chi connectivity index (χ4v) is 2.58. The molecular formula is C15H11ClO. The number of ketones is 1. The highest BCUT2D eigenvalue weighted by molar-refractivity contribution is 6.31. The van der Waals surface area contributed by atoms with Crippen LogP contribution in [0.2, 0.25) is 5.02 Å². The van der Waals surface area contributed by atoms with Crippen LogP contribution in [0.25, 0.3) is 0 Å².